The summed E-state index contributed by atoms with van der Waals surface area (Å²) in [7, 11) is 0. The first-order valence-electron chi connectivity index (χ1n) is 11.6. The molecule has 1 unspecified atom stereocenters. The van der Waals surface area contributed by atoms with Crippen molar-refractivity contribution in [3.63, 3.8) is 0 Å². The number of aliphatic hydroxyl groups is 1. The Morgan fingerprint density at radius 1 is 1.08 bits per heavy atom. The molecule has 36 heavy (non-hydrogen) atoms. The number of aromatic amines is 1. The number of aliphatic hydroxyl groups excluding tert-OH is 1. The van der Waals surface area contributed by atoms with Gasteiger partial charge in [-0.15, -0.1) is 0 Å². The zero-order chi connectivity index (χ0) is 25.7. The minimum Gasteiger partial charge on any atom is -0.456 e. The lowest BCUT2D eigenvalue weighted by atomic mass is 10.0. The van der Waals surface area contributed by atoms with E-state index in [9.17, 15) is 14.7 Å². The first kappa shape index (κ1) is 25.3. The summed E-state index contributed by atoms with van der Waals surface area (Å²) >= 11 is 6.27. The summed E-state index contributed by atoms with van der Waals surface area (Å²) < 4.78 is 5.85. The van der Waals surface area contributed by atoms with Gasteiger partial charge in [-0.2, -0.15) is 0 Å². The van der Waals surface area contributed by atoms with Crippen LogP contribution in [0, 0.1) is 0 Å². The highest BCUT2D eigenvalue weighted by Gasteiger charge is 2.21. The number of para-hydroxylation sites is 1. The Balaban J connectivity index is 1.37. The Kier molecular flexibility index (Phi) is 7.93. The van der Waals surface area contributed by atoms with Gasteiger partial charge in [0.25, 0.3) is 0 Å². The fraction of sp³-hybridized carbons (Fsp3) is 0.214. The maximum absolute atomic E-state index is 12.9. The van der Waals surface area contributed by atoms with Gasteiger partial charge in [0.15, 0.2) is 0 Å². The van der Waals surface area contributed by atoms with E-state index in [0.29, 0.717) is 35.1 Å². The molecule has 0 fully saturated rings. The minimum absolute atomic E-state index is 0.263. The molecule has 0 aliphatic rings. The predicted octanol–water partition coefficient (Wildman–Crippen LogP) is 5.03. The number of hydrogen-bond acceptors (Lipinski definition) is 4. The number of ether oxygens (including phenoxy) is 1. The average molecular weight is 506 g/mol. The van der Waals surface area contributed by atoms with Crippen LogP contribution in [0.5, 0.6) is 11.5 Å². The normalized spacial score (nSPS) is 12.7. The molecule has 2 amide bonds. The van der Waals surface area contributed by atoms with Crippen molar-refractivity contribution in [2.45, 2.75) is 39.0 Å². The SMILES string of the molecule is CC(=O)N[C@@H](Cc1c[nH]c2ccccc12)C(=O)NCc1ccc(Oc2ccc(C(C)O)cc2Cl)cc1. The third-order valence-corrected chi connectivity index (χ3v) is 6.14. The number of aromatic nitrogens is 1. The van der Waals surface area contributed by atoms with Gasteiger partial charge in [0, 0.05) is 37.0 Å². The van der Waals surface area contributed by atoms with Crippen LogP contribution in [0.4, 0.5) is 0 Å². The van der Waals surface area contributed by atoms with Crippen molar-refractivity contribution in [2.24, 2.45) is 0 Å². The van der Waals surface area contributed by atoms with E-state index in [-0.39, 0.29) is 11.8 Å². The number of amides is 2. The molecule has 0 aliphatic heterocycles. The molecule has 0 saturated heterocycles. The number of carbonyl (C=O) groups excluding carboxylic acids is 2. The van der Waals surface area contributed by atoms with Crippen LogP contribution in [0.2, 0.25) is 5.02 Å². The standard InChI is InChI=1S/C28H28ClN3O4/c1-17(33)20-9-12-27(24(29)13-20)36-22-10-7-19(8-11-22)15-31-28(35)26(32-18(2)34)14-21-16-30-25-6-4-3-5-23(21)25/h3-13,16-17,26,30,33H,14-15H2,1-2H3,(H,31,35)(H,32,34)/t17?,26-/m0/s1. The Labute approximate surface area is 214 Å². The highest BCUT2D eigenvalue weighted by Crippen LogP contribution is 2.31. The van der Waals surface area contributed by atoms with Gasteiger partial charge in [0.05, 0.1) is 11.1 Å². The third-order valence-electron chi connectivity index (χ3n) is 5.85. The molecule has 4 N–H and O–H groups in total. The zero-order valence-electron chi connectivity index (χ0n) is 20.0. The zero-order valence-corrected chi connectivity index (χ0v) is 20.8. The highest BCUT2D eigenvalue weighted by molar-refractivity contribution is 6.32. The van der Waals surface area contributed by atoms with Crippen molar-refractivity contribution in [1.29, 1.82) is 0 Å². The van der Waals surface area contributed by atoms with Gasteiger partial charge in [-0.05, 0) is 53.9 Å². The topological polar surface area (TPSA) is 103 Å². The molecule has 1 aromatic heterocycles. The van der Waals surface area contributed by atoms with E-state index < -0.39 is 12.1 Å². The number of benzene rings is 3. The molecule has 7 nitrogen and oxygen atoms in total. The van der Waals surface area contributed by atoms with Crippen molar-refractivity contribution in [1.82, 2.24) is 15.6 Å². The van der Waals surface area contributed by atoms with Gasteiger partial charge in [0.1, 0.15) is 17.5 Å². The molecule has 0 spiro atoms. The fourth-order valence-corrected chi connectivity index (χ4v) is 4.18. The van der Waals surface area contributed by atoms with Crippen LogP contribution in [-0.2, 0) is 22.6 Å². The summed E-state index contributed by atoms with van der Waals surface area (Å²) in [6.07, 6.45) is 1.63. The molecular weight excluding hydrogens is 478 g/mol. The third kappa shape index (κ3) is 6.24. The van der Waals surface area contributed by atoms with Crippen LogP contribution in [0.25, 0.3) is 10.9 Å². The quantitative estimate of drug-likeness (QED) is 0.256. The Hall–Kier alpha value is -3.81. The van der Waals surface area contributed by atoms with E-state index in [2.05, 4.69) is 15.6 Å². The number of H-pyrrole nitrogens is 1. The molecule has 1 heterocycles. The summed E-state index contributed by atoms with van der Waals surface area (Å²) in [6.45, 7) is 3.37. The van der Waals surface area contributed by atoms with E-state index >= 15 is 0 Å². The minimum atomic E-state index is -0.698. The molecule has 0 saturated carbocycles. The average Bonchev–Trinajstić information content (AvgIpc) is 3.26. The molecule has 4 rings (SSSR count). The number of carbonyl (C=O) groups is 2. The van der Waals surface area contributed by atoms with E-state index in [1.165, 1.54) is 6.92 Å². The Morgan fingerprint density at radius 3 is 2.53 bits per heavy atom. The van der Waals surface area contributed by atoms with Crippen molar-refractivity contribution < 1.29 is 19.4 Å². The number of hydrogen-bond donors (Lipinski definition) is 4. The summed E-state index contributed by atoms with van der Waals surface area (Å²) in [5.74, 6) is 0.544. The Morgan fingerprint density at radius 2 is 1.83 bits per heavy atom. The second kappa shape index (κ2) is 11.3. The maximum atomic E-state index is 12.9. The predicted molar refractivity (Wildman–Crippen MR) is 140 cm³/mol. The molecule has 3 aromatic carbocycles. The first-order valence-corrected chi connectivity index (χ1v) is 12.0. The van der Waals surface area contributed by atoms with Gasteiger partial charge in [-0.1, -0.05) is 48.0 Å². The van der Waals surface area contributed by atoms with Crippen LogP contribution < -0.4 is 15.4 Å². The van der Waals surface area contributed by atoms with Gasteiger partial charge in [-0.3, -0.25) is 9.59 Å². The lowest BCUT2D eigenvalue weighted by molar-refractivity contribution is -0.128. The van der Waals surface area contributed by atoms with Gasteiger partial charge >= 0.3 is 0 Å². The van der Waals surface area contributed by atoms with Crippen molar-refractivity contribution in [3.05, 3.63) is 94.6 Å². The smallest absolute Gasteiger partial charge is 0.243 e. The lowest BCUT2D eigenvalue weighted by Crippen LogP contribution is -2.47. The van der Waals surface area contributed by atoms with Crippen LogP contribution in [0.1, 0.15) is 36.6 Å². The molecule has 8 heteroatoms. The molecule has 0 bridgehead atoms. The molecule has 2 atom stereocenters. The number of rotatable bonds is 9. The monoisotopic (exact) mass is 505 g/mol. The summed E-state index contributed by atoms with van der Waals surface area (Å²) in [5, 5.41) is 16.8. The van der Waals surface area contributed by atoms with E-state index in [1.54, 1.807) is 37.3 Å². The summed E-state index contributed by atoms with van der Waals surface area (Å²) in [6, 6.07) is 19.6. The van der Waals surface area contributed by atoms with E-state index in [4.69, 9.17) is 16.3 Å². The molecule has 4 aromatic rings. The first-order chi connectivity index (χ1) is 17.3. The summed E-state index contributed by atoms with van der Waals surface area (Å²) in [4.78, 5) is 27.9. The fourth-order valence-electron chi connectivity index (χ4n) is 3.95. The highest BCUT2D eigenvalue weighted by atomic mass is 35.5. The number of nitrogens with one attached hydrogen (secondary N) is 3. The van der Waals surface area contributed by atoms with Gasteiger partial charge in [0.2, 0.25) is 11.8 Å². The van der Waals surface area contributed by atoms with E-state index in [0.717, 1.165) is 22.0 Å². The largest absolute Gasteiger partial charge is 0.456 e. The second-order valence-corrected chi connectivity index (χ2v) is 9.05. The van der Waals surface area contributed by atoms with Crippen LogP contribution in [-0.4, -0.2) is 27.9 Å². The van der Waals surface area contributed by atoms with Crippen molar-refractivity contribution >= 4 is 34.3 Å². The molecule has 0 radical (unpaired) electrons. The Bertz CT molecular complexity index is 1360. The van der Waals surface area contributed by atoms with Crippen molar-refractivity contribution in [2.75, 3.05) is 0 Å². The molecular formula is C28H28ClN3O4. The van der Waals surface area contributed by atoms with Crippen molar-refractivity contribution in [3.8, 4) is 11.5 Å². The maximum Gasteiger partial charge on any atom is 0.243 e. The van der Waals surface area contributed by atoms with E-state index in [1.807, 2.05) is 42.6 Å². The van der Waals surface area contributed by atoms with Crippen LogP contribution >= 0.6 is 11.6 Å². The molecule has 0 aliphatic carbocycles. The lowest BCUT2D eigenvalue weighted by Gasteiger charge is -2.17. The van der Waals surface area contributed by atoms with Crippen LogP contribution in [0.15, 0.2) is 72.9 Å². The number of halogens is 1. The summed E-state index contributed by atoms with van der Waals surface area (Å²) in [5.41, 5.74) is 3.53. The van der Waals surface area contributed by atoms with Gasteiger partial charge in [-0.25, -0.2) is 0 Å². The molecule has 186 valence electrons. The van der Waals surface area contributed by atoms with Gasteiger partial charge < -0.3 is 25.5 Å². The van der Waals surface area contributed by atoms with Crippen LogP contribution in [0.3, 0.4) is 0 Å². The second-order valence-electron chi connectivity index (χ2n) is 8.65. The number of fused-ring (bicyclic) bond motifs is 1.